The van der Waals surface area contributed by atoms with Crippen molar-refractivity contribution in [2.75, 3.05) is 10.8 Å². The van der Waals surface area contributed by atoms with Gasteiger partial charge in [0.25, 0.3) is 10.0 Å². The fraction of sp³-hybridized carbons (Fsp3) is 0.222. The van der Waals surface area contributed by atoms with Crippen LogP contribution in [0.4, 0.5) is 5.69 Å². The zero-order valence-electron chi connectivity index (χ0n) is 12.8. The van der Waals surface area contributed by atoms with E-state index < -0.39 is 15.4 Å². The molecule has 0 N–H and O–H groups in total. The third kappa shape index (κ3) is 2.15. The molecule has 3 rings (SSSR count). The van der Waals surface area contributed by atoms with Gasteiger partial charge in [0.1, 0.15) is 0 Å². The van der Waals surface area contributed by atoms with E-state index in [9.17, 15) is 8.42 Å². The minimum absolute atomic E-state index is 0.360. The van der Waals surface area contributed by atoms with Crippen molar-refractivity contribution < 1.29 is 8.42 Å². The summed E-state index contributed by atoms with van der Waals surface area (Å²) in [4.78, 5) is 0.371. The van der Waals surface area contributed by atoms with Crippen molar-refractivity contribution >= 4 is 15.7 Å². The number of hydrogen-bond donors (Lipinski definition) is 0. The molecule has 114 valence electrons. The van der Waals surface area contributed by atoms with Crippen LogP contribution in [0.3, 0.4) is 0 Å². The number of anilines is 1. The summed E-state index contributed by atoms with van der Waals surface area (Å²) in [6.45, 7) is 8.30. The van der Waals surface area contributed by atoms with Crippen LogP contribution in [-0.2, 0) is 15.4 Å². The molecule has 0 saturated carbocycles. The molecule has 0 bridgehead atoms. The first-order valence-corrected chi connectivity index (χ1v) is 8.65. The molecule has 0 saturated heterocycles. The molecule has 1 unspecified atom stereocenters. The first-order valence-electron chi connectivity index (χ1n) is 7.21. The predicted octanol–water partition coefficient (Wildman–Crippen LogP) is 3.65. The summed E-state index contributed by atoms with van der Waals surface area (Å²) in [6.07, 6.45) is 1.84. The maximum Gasteiger partial charge on any atom is 0.264 e. The van der Waals surface area contributed by atoms with Crippen molar-refractivity contribution in [3.05, 3.63) is 72.3 Å². The van der Waals surface area contributed by atoms with Gasteiger partial charge in [-0.15, -0.1) is 6.58 Å². The molecule has 4 heteroatoms. The molecule has 2 aromatic carbocycles. The van der Waals surface area contributed by atoms with Crippen LogP contribution >= 0.6 is 0 Å². The second kappa shape index (κ2) is 4.99. The lowest BCUT2D eigenvalue weighted by Crippen LogP contribution is -2.47. The normalized spacial score (nSPS) is 22.9. The third-order valence-corrected chi connectivity index (χ3v) is 6.12. The van der Waals surface area contributed by atoms with E-state index in [1.54, 1.807) is 6.07 Å². The van der Waals surface area contributed by atoms with Crippen LogP contribution in [0.5, 0.6) is 0 Å². The van der Waals surface area contributed by atoms with Crippen LogP contribution in [0.15, 0.2) is 66.1 Å². The highest BCUT2D eigenvalue weighted by Crippen LogP contribution is 2.41. The zero-order chi connectivity index (χ0) is 16.0. The first kappa shape index (κ1) is 14.9. The van der Waals surface area contributed by atoms with Crippen LogP contribution in [0.1, 0.15) is 18.1 Å². The van der Waals surface area contributed by atoms with E-state index in [2.05, 4.69) is 6.58 Å². The lowest BCUT2D eigenvalue weighted by atomic mass is 9.81. The molecule has 1 heterocycles. The molecule has 0 radical (unpaired) electrons. The molecule has 3 nitrogen and oxygen atoms in total. The number of hydrogen-bond acceptors (Lipinski definition) is 2. The Labute approximate surface area is 132 Å². The summed E-state index contributed by atoms with van der Waals surface area (Å²) in [5.74, 6) is 0. The largest absolute Gasteiger partial charge is 0.265 e. The maximum atomic E-state index is 13.0. The van der Waals surface area contributed by atoms with Gasteiger partial charge >= 0.3 is 0 Å². The van der Waals surface area contributed by atoms with Gasteiger partial charge in [0.05, 0.1) is 10.6 Å². The Hall–Kier alpha value is -2.07. The molecular formula is C18H19NO2S. The van der Waals surface area contributed by atoms with E-state index in [-0.39, 0.29) is 0 Å². The molecule has 0 aliphatic carbocycles. The zero-order valence-corrected chi connectivity index (χ0v) is 13.6. The van der Waals surface area contributed by atoms with Gasteiger partial charge in [-0.25, -0.2) is 8.42 Å². The highest BCUT2D eigenvalue weighted by molar-refractivity contribution is 7.93. The van der Waals surface area contributed by atoms with Crippen molar-refractivity contribution in [1.29, 1.82) is 0 Å². The summed E-state index contributed by atoms with van der Waals surface area (Å²) >= 11 is 0. The van der Waals surface area contributed by atoms with E-state index in [1.165, 1.54) is 4.31 Å². The average molecular weight is 313 g/mol. The lowest BCUT2D eigenvalue weighted by Gasteiger charge is -2.40. The van der Waals surface area contributed by atoms with Gasteiger partial charge in [0, 0.05) is 12.0 Å². The van der Waals surface area contributed by atoms with Crippen molar-refractivity contribution in [3.8, 4) is 0 Å². The van der Waals surface area contributed by atoms with E-state index >= 15 is 0 Å². The summed E-state index contributed by atoms with van der Waals surface area (Å²) < 4.78 is 27.5. The Balaban J connectivity index is 2.27. The monoisotopic (exact) mass is 313 g/mol. The second-order valence-corrected chi connectivity index (χ2v) is 7.80. The molecule has 1 aliphatic rings. The lowest BCUT2D eigenvalue weighted by molar-refractivity contribution is 0.536. The van der Waals surface area contributed by atoms with Crippen LogP contribution in [0, 0.1) is 6.92 Å². The quantitative estimate of drug-likeness (QED) is 0.794. The highest BCUT2D eigenvalue weighted by atomic mass is 32.2. The van der Waals surface area contributed by atoms with E-state index in [4.69, 9.17) is 0 Å². The number of sulfonamides is 1. The highest BCUT2D eigenvalue weighted by Gasteiger charge is 2.42. The van der Waals surface area contributed by atoms with Crippen LogP contribution in [0.2, 0.25) is 0 Å². The number of fused-ring (bicyclic) bond motifs is 1. The SMILES string of the molecule is C=CC1(C)CN(c2ccccc2)S(=O)(=O)c2ccc(C)cc21. The van der Waals surface area contributed by atoms with Gasteiger partial charge < -0.3 is 0 Å². The van der Waals surface area contributed by atoms with Gasteiger partial charge in [-0.1, -0.05) is 48.9 Å². The Morgan fingerprint density at radius 2 is 1.86 bits per heavy atom. The van der Waals surface area contributed by atoms with Gasteiger partial charge in [-0.05, 0) is 30.7 Å². The number of aryl methyl sites for hydroxylation is 1. The fourth-order valence-corrected chi connectivity index (χ4v) is 4.79. The van der Waals surface area contributed by atoms with Gasteiger partial charge in [-0.2, -0.15) is 0 Å². The Bertz CT molecular complexity index is 827. The van der Waals surface area contributed by atoms with Crippen LogP contribution < -0.4 is 4.31 Å². The number of para-hydroxylation sites is 1. The van der Waals surface area contributed by atoms with Gasteiger partial charge in [0.2, 0.25) is 0 Å². The molecule has 0 aromatic heterocycles. The molecule has 1 aliphatic heterocycles. The molecule has 0 fully saturated rings. The second-order valence-electron chi connectivity index (χ2n) is 5.97. The first-order chi connectivity index (χ1) is 10.4. The summed E-state index contributed by atoms with van der Waals surface area (Å²) in [5.41, 5.74) is 2.15. The molecule has 1 atom stereocenters. The molecule has 0 spiro atoms. The molecule has 22 heavy (non-hydrogen) atoms. The van der Waals surface area contributed by atoms with Crippen molar-refractivity contribution in [3.63, 3.8) is 0 Å². The van der Waals surface area contributed by atoms with E-state index in [0.29, 0.717) is 17.1 Å². The van der Waals surface area contributed by atoms with Crippen molar-refractivity contribution in [2.45, 2.75) is 24.2 Å². The summed E-state index contributed by atoms with van der Waals surface area (Å²) in [6, 6.07) is 14.7. The number of rotatable bonds is 2. The van der Waals surface area contributed by atoms with Crippen LogP contribution in [-0.4, -0.2) is 15.0 Å². The average Bonchev–Trinajstić information content (AvgIpc) is 2.52. The van der Waals surface area contributed by atoms with Crippen molar-refractivity contribution in [1.82, 2.24) is 0 Å². The third-order valence-electron chi connectivity index (χ3n) is 4.29. The summed E-state index contributed by atoms with van der Waals surface area (Å²) in [7, 11) is -3.55. The maximum absolute atomic E-state index is 13.0. The smallest absolute Gasteiger partial charge is 0.264 e. The minimum atomic E-state index is -3.55. The summed E-state index contributed by atoms with van der Waals surface area (Å²) in [5, 5.41) is 0. The fourth-order valence-electron chi connectivity index (χ4n) is 2.90. The molecule has 2 aromatic rings. The number of nitrogens with zero attached hydrogens (tertiary/aromatic N) is 1. The van der Waals surface area contributed by atoms with E-state index in [0.717, 1.165) is 11.1 Å². The molecular weight excluding hydrogens is 294 g/mol. The van der Waals surface area contributed by atoms with E-state index in [1.807, 2.05) is 62.4 Å². The predicted molar refractivity (Wildman–Crippen MR) is 89.7 cm³/mol. The number of benzene rings is 2. The van der Waals surface area contributed by atoms with Crippen LogP contribution in [0.25, 0.3) is 0 Å². The minimum Gasteiger partial charge on any atom is -0.265 e. The standard InChI is InChI=1S/C18H19NO2S/c1-4-18(3)13-19(15-8-6-5-7-9-15)22(20,21)17-11-10-14(2)12-16(17)18/h4-12H,1,13H2,2-3H3. The van der Waals surface area contributed by atoms with Gasteiger partial charge in [0.15, 0.2) is 0 Å². The Morgan fingerprint density at radius 3 is 2.50 bits per heavy atom. The Kier molecular flexibility index (Phi) is 3.37. The van der Waals surface area contributed by atoms with Crippen molar-refractivity contribution in [2.24, 2.45) is 0 Å². The topological polar surface area (TPSA) is 37.4 Å². The van der Waals surface area contributed by atoms with Gasteiger partial charge in [-0.3, -0.25) is 4.31 Å². The Morgan fingerprint density at radius 1 is 1.18 bits per heavy atom. The molecule has 0 amide bonds.